The molecule has 2 aromatic heterocycles. The Kier molecular flexibility index (Phi) is 3.67. The highest BCUT2D eigenvalue weighted by atomic mass is 32.1. The Morgan fingerprint density at radius 2 is 2.30 bits per heavy atom. The van der Waals surface area contributed by atoms with Gasteiger partial charge in [-0.3, -0.25) is 14.6 Å². The van der Waals surface area contributed by atoms with Gasteiger partial charge < -0.3 is 4.90 Å². The summed E-state index contributed by atoms with van der Waals surface area (Å²) in [5.74, 6) is 1.44. The number of aromatic nitrogens is 4. The van der Waals surface area contributed by atoms with Crippen molar-refractivity contribution >= 4 is 12.2 Å². The lowest BCUT2D eigenvalue weighted by atomic mass is 9.94. The number of hydrogen-bond donors (Lipinski definition) is 1. The zero-order valence-electron chi connectivity index (χ0n) is 11.8. The second-order valence-electron chi connectivity index (χ2n) is 5.56. The number of likely N-dealkylation sites (tertiary alicyclic amines) is 1. The van der Waals surface area contributed by atoms with Crippen LogP contribution in [0.15, 0.2) is 24.5 Å². The van der Waals surface area contributed by atoms with Gasteiger partial charge in [0, 0.05) is 30.5 Å². The van der Waals surface area contributed by atoms with Crippen molar-refractivity contribution in [2.75, 3.05) is 20.1 Å². The van der Waals surface area contributed by atoms with E-state index in [1.807, 2.05) is 18.3 Å². The van der Waals surface area contributed by atoms with Crippen molar-refractivity contribution in [3.05, 3.63) is 29.3 Å². The number of nitrogens with zero attached hydrogens (tertiary/aromatic N) is 4. The van der Waals surface area contributed by atoms with Gasteiger partial charge in [0.25, 0.3) is 0 Å². The molecule has 0 saturated carbocycles. The summed E-state index contributed by atoms with van der Waals surface area (Å²) in [5, 5.41) is 7.35. The summed E-state index contributed by atoms with van der Waals surface area (Å²) in [7, 11) is 2.17. The van der Waals surface area contributed by atoms with Crippen LogP contribution >= 0.6 is 12.2 Å². The van der Waals surface area contributed by atoms with Gasteiger partial charge in [0.2, 0.25) is 0 Å². The summed E-state index contributed by atoms with van der Waals surface area (Å²) in [5.41, 5.74) is 1.01. The highest BCUT2D eigenvalue weighted by molar-refractivity contribution is 7.71. The Hall–Kier alpha value is -1.53. The molecule has 0 spiro atoms. The number of hydrogen-bond acceptors (Lipinski definition) is 4. The van der Waals surface area contributed by atoms with Gasteiger partial charge in [0.05, 0.1) is 0 Å². The van der Waals surface area contributed by atoms with E-state index in [0.717, 1.165) is 30.9 Å². The maximum atomic E-state index is 5.45. The van der Waals surface area contributed by atoms with E-state index >= 15 is 0 Å². The number of H-pyrrole nitrogens is 1. The van der Waals surface area contributed by atoms with Gasteiger partial charge in [-0.1, -0.05) is 6.92 Å². The summed E-state index contributed by atoms with van der Waals surface area (Å²) in [6.45, 7) is 4.46. The Bertz CT molecular complexity index is 633. The van der Waals surface area contributed by atoms with Gasteiger partial charge in [0.15, 0.2) is 10.6 Å². The first kappa shape index (κ1) is 13.5. The van der Waals surface area contributed by atoms with Crippen molar-refractivity contribution in [1.82, 2.24) is 24.6 Å². The normalized spacial score (nSPS) is 23.9. The third kappa shape index (κ3) is 2.41. The average Bonchev–Trinajstić information content (AvgIpc) is 2.82. The Balaban J connectivity index is 2.02. The highest BCUT2D eigenvalue weighted by Crippen LogP contribution is 2.31. The molecule has 3 rings (SSSR count). The van der Waals surface area contributed by atoms with E-state index in [1.54, 1.807) is 6.20 Å². The Morgan fingerprint density at radius 1 is 1.45 bits per heavy atom. The minimum Gasteiger partial charge on any atom is -0.306 e. The first-order valence-electron chi connectivity index (χ1n) is 6.92. The number of pyridine rings is 1. The predicted molar refractivity (Wildman–Crippen MR) is 81.0 cm³/mol. The smallest absolute Gasteiger partial charge is 0.195 e. The molecule has 3 heterocycles. The molecule has 0 aliphatic carbocycles. The van der Waals surface area contributed by atoms with Crippen molar-refractivity contribution in [2.24, 2.45) is 5.92 Å². The zero-order chi connectivity index (χ0) is 14.1. The number of aromatic amines is 1. The molecule has 0 amide bonds. The average molecular weight is 289 g/mol. The molecular formula is C14H19N5S. The van der Waals surface area contributed by atoms with Gasteiger partial charge in [0.1, 0.15) is 0 Å². The van der Waals surface area contributed by atoms with Crippen LogP contribution in [0.5, 0.6) is 0 Å². The third-order valence-electron chi connectivity index (χ3n) is 4.02. The van der Waals surface area contributed by atoms with Crippen LogP contribution in [0.25, 0.3) is 11.4 Å². The fourth-order valence-electron chi connectivity index (χ4n) is 3.04. The number of piperidine rings is 1. The van der Waals surface area contributed by atoms with Gasteiger partial charge in [-0.25, -0.2) is 0 Å². The Labute approximate surface area is 123 Å². The molecule has 1 fully saturated rings. The topological polar surface area (TPSA) is 49.7 Å². The summed E-state index contributed by atoms with van der Waals surface area (Å²) < 4.78 is 2.87. The van der Waals surface area contributed by atoms with Crippen LogP contribution in [0.4, 0.5) is 0 Å². The first-order chi connectivity index (χ1) is 9.66. The minimum atomic E-state index is 0.396. The van der Waals surface area contributed by atoms with E-state index in [4.69, 9.17) is 12.2 Å². The van der Waals surface area contributed by atoms with Crippen molar-refractivity contribution in [3.63, 3.8) is 0 Å². The lowest BCUT2D eigenvalue weighted by molar-refractivity contribution is 0.159. The second kappa shape index (κ2) is 5.46. The van der Waals surface area contributed by atoms with E-state index in [1.165, 1.54) is 0 Å². The molecule has 6 heteroatoms. The van der Waals surface area contributed by atoms with Gasteiger partial charge >= 0.3 is 0 Å². The van der Waals surface area contributed by atoms with Crippen molar-refractivity contribution in [2.45, 2.75) is 19.4 Å². The van der Waals surface area contributed by atoms with Crippen molar-refractivity contribution in [3.8, 4) is 11.4 Å². The molecule has 0 bridgehead atoms. The van der Waals surface area contributed by atoms with Crippen LogP contribution in [0.3, 0.4) is 0 Å². The predicted octanol–water partition coefficient (Wildman–Crippen LogP) is 2.52. The van der Waals surface area contributed by atoms with Crippen LogP contribution in [0.2, 0.25) is 0 Å². The van der Waals surface area contributed by atoms with E-state index in [9.17, 15) is 0 Å². The highest BCUT2D eigenvalue weighted by Gasteiger charge is 2.28. The molecule has 5 nitrogen and oxygen atoms in total. The minimum absolute atomic E-state index is 0.396. The molecule has 2 atom stereocenters. The van der Waals surface area contributed by atoms with Crippen molar-refractivity contribution in [1.29, 1.82) is 0 Å². The molecule has 1 saturated heterocycles. The molecule has 20 heavy (non-hydrogen) atoms. The monoisotopic (exact) mass is 289 g/mol. The van der Waals surface area contributed by atoms with E-state index in [0.29, 0.717) is 16.7 Å². The number of nitrogens with one attached hydrogen (secondary N) is 1. The summed E-state index contributed by atoms with van der Waals surface area (Å²) >= 11 is 5.45. The van der Waals surface area contributed by atoms with Crippen LogP contribution < -0.4 is 0 Å². The molecule has 106 valence electrons. The second-order valence-corrected chi connectivity index (χ2v) is 5.95. The molecule has 2 aromatic rings. The van der Waals surface area contributed by atoms with Crippen LogP contribution in [0, 0.1) is 10.7 Å². The maximum Gasteiger partial charge on any atom is 0.195 e. The van der Waals surface area contributed by atoms with E-state index in [2.05, 4.69) is 38.6 Å². The third-order valence-corrected chi connectivity index (χ3v) is 4.31. The van der Waals surface area contributed by atoms with E-state index < -0.39 is 0 Å². The molecule has 0 radical (unpaired) electrons. The Morgan fingerprint density at radius 3 is 3.00 bits per heavy atom. The fourth-order valence-corrected chi connectivity index (χ4v) is 3.30. The molecule has 1 N–H and O–H groups in total. The largest absolute Gasteiger partial charge is 0.306 e. The molecular weight excluding hydrogens is 270 g/mol. The molecule has 1 aliphatic rings. The molecule has 1 aliphatic heterocycles. The standard InChI is InChI=1S/C14H19N5S/c1-10-9-18(2)7-5-12(10)19-13(16-17-14(19)20)11-4-3-6-15-8-11/h3-4,6,8,10,12H,5,7,9H2,1-2H3,(H,17,20). The van der Waals surface area contributed by atoms with Gasteiger partial charge in [-0.05, 0) is 50.3 Å². The fraction of sp³-hybridized carbons (Fsp3) is 0.500. The lowest BCUT2D eigenvalue weighted by Gasteiger charge is -2.35. The SMILES string of the molecule is CC1CN(C)CCC1n1c(-c2cccnc2)n[nH]c1=S. The summed E-state index contributed by atoms with van der Waals surface area (Å²) in [6, 6.07) is 4.34. The molecule has 2 unspecified atom stereocenters. The van der Waals surface area contributed by atoms with Crippen LogP contribution in [-0.2, 0) is 0 Å². The quantitative estimate of drug-likeness (QED) is 0.863. The number of rotatable bonds is 2. The van der Waals surface area contributed by atoms with E-state index in [-0.39, 0.29) is 0 Å². The maximum absolute atomic E-state index is 5.45. The lowest BCUT2D eigenvalue weighted by Crippen LogP contribution is -2.38. The van der Waals surface area contributed by atoms with Crippen LogP contribution in [-0.4, -0.2) is 44.8 Å². The van der Waals surface area contributed by atoms with Crippen molar-refractivity contribution < 1.29 is 0 Å². The summed E-state index contributed by atoms with van der Waals surface area (Å²) in [4.78, 5) is 6.55. The van der Waals surface area contributed by atoms with Gasteiger partial charge in [-0.15, -0.1) is 0 Å². The van der Waals surface area contributed by atoms with Gasteiger partial charge in [-0.2, -0.15) is 5.10 Å². The molecule has 0 aromatic carbocycles. The summed E-state index contributed by atoms with van der Waals surface area (Å²) in [6.07, 6.45) is 4.70. The first-order valence-corrected chi connectivity index (χ1v) is 7.33. The van der Waals surface area contributed by atoms with Crippen LogP contribution in [0.1, 0.15) is 19.4 Å². The zero-order valence-corrected chi connectivity index (χ0v) is 12.6.